The molecule has 0 bridgehead atoms. The van der Waals surface area contributed by atoms with Gasteiger partial charge in [-0.2, -0.15) is 0 Å². The van der Waals surface area contributed by atoms with E-state index in [1.54, 1.807) is 4.68 Å². The number of nitrogens with zero attached hydrogens (tertiary/aromatic N) is 3. The van der Waals surface area contributed by atoms with Crippen LogP contribution in [0.25, 0.3) is 21.7 Å². The maximum Gasteiger partial charge on any atom is 0.113 e. The molecule has 1 aromatic heterocycles. The van der Waals surface area contributed by atoms with Crippen LogP contribution in [0.4, 0.5) is 0 Å². The highest BCUT2D eigenvalue weighted by molar-refractivity contribution is 9.15. The molecule has 3 aromatic rings. The third-order valence-corrected chi connectivity index (χ3v) is 3.20. The van der Waals surface area contributed by atoms with Gasteiger partial charge in [-0.1, -0.05) is 47.7 Å². The molecule has 0 unspecified atom stereocenters. The van der Waals surface area contributed by atoms with Crippen LogP contribution >= 0.6 is 15.9 Å². The minimum atomic E-state index is 0.863. The van der Waals surface area contributed by atoms with E-state index in [9.17, 15) is 0 Å². The van der Waals surface area contributed by atoms with E-state index in [4.69, 9.17) is 0 Å². The molecule has 0 N–H and O–H groups in total. The minimum absolute atomic E-state index is 0.863. The normalized spacial score (nSPS) is 11.9. The Kier molecular flexibility index (Phi) is 2.94. The maximum atomic E-state index is 4.14. The molecular formula is C14H10BrN3. The van der Waals surface area contributed by atoms with Crippen molar-refractivity contribution in [3.8, 4) is 0 Å². The predicted molar refractivity (Wildman–Crippen MR) is 77.1 cm³/mol. The van der Waals surface area contributed by atoms with Gasteiger partial charge in [0.1, 0.15) is 10.1 Å². The molecule has 0 amide bonds. The lowest BCUT2D eigenvalue weighted by Gasteiger charge is -2.00. The topological polar surface area (TPSA) is 30.7 Å². The van der Waals surface area contributed by atoms with Crippen LogP contribution in [0.5, 0.6) is 0 Å². The molecule has 0 saturated heterocycles. The number of para-hydroxylation sites is 1. The second-order valence-electron chi connectivity index (χ2n) is 3.87. The molecule has 1 heterocycles. The van der Waals surface area contributed by atoms with E-state index in [2.05, 4.69) is 26.2 Å². The second-order valence-corrected chi connectivity index (χ2v) is 4.68. The van der Waals surface area contributed by atoms with Crippen LogP contribution in [0.3, 0.4) is 0 Å². The summed E-state index contributed by atoms with van der Waals surface area (Å²) in [6.07, 6.45) is 2.02. The zero-order valence-corrected chi connectivity index (χ0v) is 11.1. The van der Waals surface area contributed by atoms with Crippen molar-refractivity contribution >= 4 is 37.6 Å². The van der Waals surface area contributed by atoms with Gasteiger partial charge in [-0.05, 0) is 39.7 Å². The van der Waals surface area contributed by atoms with Crippen LogP contribution in [-0.4, -0.2) is 15.0 Å². The van der Waals surface area contributed by atoms with Crippen molar-refractivity contribution in [2.75, 3.05) is 0 Å². The fourth-order valence-electron chi connectivity index (χ4n) is 1.77. The Morgan fingerprint density at radius 2 is 1.72 bits per heavy atom. The molecule has 0 fully saturated rings. The molecule has 18 heavy (non-hydrogen) atoms. The summed E-state index contributed by atoms with van der Waals surface area (Å²) >= 11 is 3.54. The van der Waals surface area contributed by atoms with Gasteiger partial charge in [-0.3, -0.25) is 0 Å². The predicted octanol–water partition coefficient (Wildman–Crippen LogP) is 3.78. The summed E-state index contributed by atoms with van der Waals surface area (Å²) < 4.78 is 2.64. The van der Waals surface area contributed by atoms with Crippen molar-refractivity contribution in [3.05, 3.63) is 60.2 Å². The number of halogens is 1. The summed E-state index contributed by atoms with van der Waals surface area (Å²) in [6.45, 7) is 0. The van der Waals surface area contributed by atoms with Crippen molar-refractivity contribution in [3.63, 3.8) is 0 Å². The summed E-state index contributed by atoms with van der Waals surface area (Å²) in [7, 11) is 0. The first kappa shape index (κ1) is 11.2. The summed E-state index contributed by atoms with van der Waals surface area (Å²) in [6, 6.07) is 18.0. The minimum Gasteiger partial charge on any atom is -0.206 e. The number of benzene rings is 2. The zero-order valence-electron chi connectivity index (χ0n) is 9.49. The highest BCUT2D eigenvalue weighted by atomic mass is 79.9. The van der Waals surface area contributed by atoms with Gasteiger partial charge in [0.25, 0.3) is 0 Å². The molecule has 0 spiro atoms. The van der Waals surface area contributed by atoms with E-state index in [1.807, 2.05) is 60.7 Å². The van der Waals surface area contributed by atoms with Crippen LogP contribution in [-0.2, 0) is 0 Å². The lowest BCUT2D eigenvalue weighted by atomic mass is 10.2. The third kappa shape index (κ3) is 2.07. The molecule has 3 nitrogen and oxygen atoms in total. The first-order valence-corrected chi connectivity index (χ1v) is 6.37. The highest BCUT2D eigenvalue weighted by Gasteiger charge is 2.05. The number of aromatic nitrogens is 3. The molecule has 0 aliphatic rings. The van der Waals surface area contributed by atoms with Crippen LogP contribution in [0.15, 0.2) is 54.6 Å². The molecular weight excluding hydrogens is 290 g/mol. The van der Waals surface area contributed by atoms with Crippen molar-refractivity contribution in [1.29, 1.82) is 0 Å². The summed E-state index contributed by atoms with van der Waals surface area (Å²) in [5.41, 5.74) is 2.98. The van der Waals surface area contributed by atoms with E-state index in [1.165, 1.54) is 0 Å². The van der Waals surface area contributed by atoms with Crippen molar-refractivity contribution in [2.24, 2.45) is 0 Å². The average molecular weight is 300 g/mol. The monoisotopic (exact) mass is 299 g/mol. The van der Waals surface area contributed by atoms with Crippen molar-refractivity contribution < 1.29 is 0 Å². The lowest BCUT2D eigenvalue weighted by molar-refractivity contribution is 0.858. The fourth-order valence-corrected chi connectivity index (χ4v) is 2.30. The molecule has 3 rings (SSSR count). The molecule has 0 atom stereocenters. The molecule has 0 aliphatic heterocycles. The first-order chi connectivity index (χ1) is 8.84. The van der Waals surface area contributed by atoms with Crippen LogP contribution in [0, 0.1) is 0 Å². The number of rotatable bonds is 2. The zero-order chi connectivity index (χ0) is 12.4. The quantitative estimate of drug-likeness (QED) is 0.721. The van der Waals surface area contributed by atoms with Gasteiger partial charge in [-0.25, -0.2) is 4.68 Å². The lowest BCUT2D eigenvalue weighted by Crippen LogP contribution is -1.93. The van der Waals surface area contributed by atoms with E-state index in [0.29, 0.717) is 0 Å². The Balaban J connectivity index is 2.07. The number of hydrogen-bond donors (Lipinski definition) is 0. The molecule has 4 heteroatoms. The molecule has 0 saturated carbocycles. The molecule has 2 aromatic carbocycles. The van der Waals surface area contributed by atoms with Gasteiger partial charge >= 0.3 is 0 Å². The molecule has 88 valence electrons. The molecule has 0 radical (unpaired) electrons. The Bertz CT molecular complexity index is 701. The van der Waals surface area contributed by atoms with Crippen LogP contribution < -0.4 is 0 Å². The smallest absolute Gasteiger partial charge is 0.113 e. The van der Waals surface area contributed by atoms with Gasteiger partial charge in [0.15, 0.2) is 0 Å². The Labute approximate surface area is 113 Å². The van der Waals surface area contributed by atoms with E-state index in [0.717, 1.165) is 21.2 Å². The van der Waals surface area contributed by atoms with Crippen molar-refractivity contribution in [1.82, 2.24) is 15.0 Å². The standard InChI is InChI=1S/C14H10BrN3/c15-14(10-11-6-2-1-3-7-11)18-13-9-5-4-8-12(13)16-17-18/h1-10H. The summed E-state index contributed by atoms with van der Waals surface area (Å²) in [5.74, 6) is 0. The van der Waals surface area contributed by atoms with E-state index < -0.39 is 0 Å². The number of fused-ring (bicyclic) bond motifs is 1. The van der Waals surface area contributed by atoms with Gasteiger partial charge < -0.3 is 0 Å². The van der Waals surface area contributed by atoms with Gasteiger partial charge in [-0.15, -0.1) is 5.10 Å². The molecule has 0 aliphatic carbocycles. The number of hydrogen-bond acceptors (Lipinski definition) is 2. The van der Waals surface area contributed by atoms with Gasteiger partial charge in [0, 0.05) is 0 Å². The summed E-state index contributed by atoms with van der Waals surface area (Å²) in [4.78, 5) is 0. The van der Waals surface area contributed by atoms with E-state index >= 15 is 0 Å². The Hall–Kier alpha value is -1.94. The van der Waals surface area contributed by atoms with Crippen LogP contribution in [0.2, 0.25) is 0 Å². The largest absolute Gasteiger partial charge is 0.206 e. The highest BCUT2D eigenvalue weighted by Crippen LogP contribution is 2.21. The first-order valence-electron chi connectivity index (χ1n) is 5.58. The third-order valence-electron chi connectivity index (χ3n) is 2.64. The fraction of sp³-hybridized carbons (Fsp3) is 0. The second kappa shape index (κ2) is 4.74. The van der Waals surface area contributed by atoms with Crippen molar-refractivity contribution in [2.45, 2.75) is 0 Å². The average Bonchev–Trinajstić information content (AvgIpc) is 2.84. The van der Waals surface area contributed by atoms with Gasteiger partial charge in [0.05, 0.1) is 5.52 Å². The van der Waals surface area contributed by atoms with Crippen LogP contribution in [0.1, 0.15) is 5.56 Å². The van der Waals surface area contributed by atoms with Gasteiger partial charge in [0.2, 0.25) is 0 Å². The SMILES string of the molecule is BrC(=Cc1ccccc1)n1nnc2ccccc21. The summed E-state index contributed by atoms with van der Waals surface area (Å²) in [5, 5.41) is 8.27. The van der Waals surface area contributed by atoms with E-state index in [-0.39, 0.29) is 0 Å². The Morgan fingerprint density at radius 3 is 2.56 bits per heavy atom. The Morgan fingerprint density at radius 1 is 1.00 bits per heavy atom. The maximum absolute atomic E-state index is 4.14.